The van der Waals surface area contributed by atoms with Gasteiger partial charge in [-0.15, -0.1) is 0 Å². The van der Waals surface area contributed by atoms with Crippen LogP contribution in [0.25, 0.3) is 0 Å². The van der Waals surface area contributed by atoms with Gasteiger partial charge in [0, 0.05) is 0 Å². The molecule has 4 nitrogen and oxygen atoms in total. The number of aryl methyl sites for hydroxylation is 1. The number of hydrogen-bond donors (Lipinski definition) is 2. The van der Waals surface area contributed by atoms with Crippen LogP contribution in [0.15, 0.2) is 24.3 Å². The summed E-state index contributed by atoms with van der Waals surface area (Å²) in [6.07, 6.45) is 4.42. The van der Waals surface area contributed by atoms with E-state index in [-0.39, 0.29) is 0 Å². The summed E-state index contributed by atoms with van der Waals surface area (Å²) in [4.78, 5) is 11.0. The van der Waals surface area contributed by atoms with E-state index in [2.05, 4.69) is 4.74 Å². The second kappa shape index (κ2) is 8.53. The Labute approximate surface area is 114 Å². The fourth-order valence-corrected chi connectivity index (χ4v) is 1.94. The third-order valence-corrected chi connectivity index (χ3v) is 3.10. The highest BCUT2D eigenvalue weighted by molar-refractivity contribution is 5.74. The molecule has 0 heterocycles. The monoisotopic (exact) mass is 266 g/mol. The molecule has 0 amide bonds. The number of carbonyl (C=O) groups is 1. The van der Waals surface area contributed by atoms with Crippen molar-refractivity contribution in [2.24, 2.45) is 0 Å². The molecule has 0 fully saturated rings. The highest BCUT2D eigenvalue weighted by atomic mass is 16.5. The third-order valence-electron chi connectivity index (χ3n) is 3.10. The number of aliphatic hydroxyl groups is 1. The molecule has 0 aliphatic rings. The van der Waals surface area contributed by atoms with Crippen LogP contribution in [0, 0.1) is 0 Å². The van der Waals surface area contributed by atoms with E-state index in [0.717, 1.165) is 32.1 Å². The van der Waals surface area contributed by atoms with Gasteiger partial charge in [-0.2, -0.15) is 0 Å². The van der Waals surface area contributed by atoms with Gasteiger partial charge < -0.3 is 14.9 Å². The van der Waals surface area contributed by atoms with E-state index >= 15 is 0 Å². The molecule has 106 valence electrons. The Morgan fingerprint density at radius 2 is 1.79 bits per heavy atom. The van der Waals surface area contributed by atoms with E-state index in [0.29, 0.717) is 12.2 Å². The fraction of sp³-hybridized carbons (Fsp3) is 0.533. The number of phenols is 1. The van der Waals surface area contributed by atoms with Gasteiger partial charge in [-0.3, -0.25) is 0 Å². The first-order valence-corrected chi connectivity index (χ1v) is 6.67. The average molecular weight is 266 g/mol. The van der Waals surface area contributed by atoms with Crippen molar-refractivity contribution >= 4 is 5.97 Å². The van der Waals surface area contributed by atoms with Gasteiger partial charge in [0.25, 0.3) is 0 Å². The van der Waals surface area contributed by atoms with Gasteiger partial charge >= 0.3 is 5.97 Å². The Morgan fingerprint density at radius 1 is 1.16 bits per heavy atom. The largest absolute Gasteiger partial charge is 0.508 e. The van der Waals surface area contributed by atoms with Crippen molar-refractivity contribution in [3.05, 3.63) is 29.8 Å². The SMILES string of the molecule is COC(=O)C(O)CCCCCCc1ccc(O)cc1. The van der Waals surface area contributed by atoms with Crippen molar-refractivity contribution in [2.75, 3.05) is 7.11 Å². The van der Waals surface area contributed by atoms with E-state index in [1.165, 1.54) is 12.7 Å². The molecule has 0 aromatic heterocycles. The molecule has 0 radical (unpaired) electrons. The van der Waals surface area contributed by atoms with E-state index in [4.69, 9.17) is 5.11 Å². The highest BCUT2D eigenvalue weighted by Gasteiger charge is 2.13. The topological polar surface area (TPSA) is 66.8 Å². The molecule has 0 aliphatic heterocycles. The van der Waals surface area contributed by atoms with Gasteiger partial charge in [0.05, 0.1) is 7.11 Å². The van der Waals surface area contributed by atoms with E-state index in [9.17, 15) is 9.90 Å². The van der Waals surface area contributed by atoms with Crippen molar-refractivity contribution < 1.29 is 19.7 Å². The molecule has 0 saturated heterocycles. The van der Waals surface area contributed by atoms with Gasteiger partial charge in [0.1, 0.15) is 5.75 Å². The summed E-state index contributed by atoms with van der Waals surface area (Å²) in [6.45, 7) is 0. The van der Waals surface area contributed by atoms with Crippen molar-refractivity contribution in [3.8, 4) is 5.75 Å². The van der Waals surface area contributed by atoms with Crippen LogP contribution in [0.4, 0.5) is 0 Å². The predicted octanol–water partition coefficient (Wildman–Crippen LogP) is 2.42. The number of unbranched alkanes of at least 4 members (excludes halogenated alkanes) is 3. The molecule has 1 aromatic rings. The summed E-state index contributed by atoms with van der Waals surface area (Å²) in [5.41, 5.74) is 1.22. The maximum absolute atomic E-state index is 11.0. The van der Waals surface area contributed by atoms with Crippen LogP contribution < -0.4 is 0 Å². The molecule has 0 saturated carbocycles. The average Bonchev–Trinajstić information content (AvgIpc) is 2.43. The van der Waals surface area contributed by atoms with Gasteiger partial charge in [0.15, 0.2) is 6.10 Å². The Balaban J connectivity index is 2.05. The summed E-state index contributed by atoms with van der Waals surface area (Å²) in [7, 11) is 1.28. The van der Waals surface area contributed by atoms with Gasteiger partial charge in [0.2, 0.25) is 0 Å². The first-order valence-electron chi connectivity index (χ1n) is 6.67. The van der Waals surface area contributed by atoms with E-state index in [1.807, 2.05) is 12.1 Å². The summed E-state index contributed by atoms with van der Waals surface area (Å²) in [5.74, 6) is -0.260. The molecule has 0 aliphatic carbocycles. The Kier molecular flexibility index (Phi) is 6.97. The third kappa shape index (κ3) is 6.25. The lowest BCUT2D eigenvalue weighted by molar-refractivity contribution is -0.150. The lowest BCUT2D eigenvalue weighted by Gasteiger charge is -2.07. The molecule has 1 unspecified atom stereocenters. The highest BCUT2D eigenvalue weighted by Crippen LogP contribution is 2.13. The molecule has 0 spiro atoms. The minimum absolute atomic E-state index is 0.292. The molecular formula is C15H22O4. The number of aliphatic hydroxyl groups excluding tert-OH is 1. The standard InChI is InChI=1S/C15H22O4/c1-19-15(18)14(17)7-5-3-2-4-6-12-8-10-13(16)11-9-12/h8-11,14,16-17H,2-7H2,1H3. The molecule has 0 bridgehead atoms. The van der Waals surface area contributed by atoms with E-state index in [1.54, 1.807) is 12.1 Å². The molecule has 19 heavy (non-hydrogen) atoms. The first kappa shape index (κ1) is 15.5. The van der Waals surface area contributed by atoms with E-state index < -0.39 is 12.1 Å². The van der Waals surface area contributed by atoms with Gasteiger partial charge in [-0.05, 0) is 37.0 Å². The summed E-state index contributed by atoms with van der Waals surface area (Å²) in [5, 5.41) is 18.5. The zero-order valence-electron chi connectivity index (χ0n) is 11.3. The van der Waals surface area contributed by atoms with Crippen LogP contribution in [-0.4, -0.2) is 29.4 Å². The second-order valence-electron chi connectivity index (χ2n) is 4.66. The van der Waals surface area contributed by atoms with Gasteiger partial charge in [-0.25, -0.2) is 4.79 Å². The summed E-state index contributed by atoms with van der Waals surface area (Å²) >= 11 is 0. The Bertz CT molecular complexity index is 372. The van der Waals surface area contributed by atoms with Crippen molar-refractivity contribution in [1.82, 2.24) is 0 Å². The lowest BCUT2D eigenvalue weighted by Crippen LogP contribution is -2.21. The fourth-order valence-electron chi connectivity index (χ4n) is 1.94. The maximum Gasteiger partial charge on any atom is 0.334 e. The normalized spacial score (nSPS) is 12.1. The molecular weight excluding hydrogens is 244 g/mol. The molecule has 1 atom stereocenters. The predicted molar refractivity (Wildman–Crippen MR) is 72.9 cm³/mol. The zero-order chi connectivity index (χ0) is 14.1. The van der Waals surface area contributed by atoms with Crippen LogP contribution >= 0.6 is 0 Å². The Morgan fingerprint density at radius 3 is 2.42 bits per heavy atom. The number of esters is 1. The Hall–Kier alpha value is -1.55. The number of aromatic hydroxyl groups is 1. The number of benzene rings is 1. The zero-order valence-corrected chi connectivity index (χ0v) is 11.3. The number of methoxy groups -OCH3 is 1. The smallest absolute Gasteiger partial charge is 0.334 e. The molecule has 2 N–H and O–H groups in total. The van der Waals surface area contributed by atoms with Gasteiger partial charge in [-0.1, -0.05) is 31.4 Å². The first-order chi connectivity index (χ1) is 9.13. The summed E-state index contributed by atoms with van der Waals surface area (Å²) < 4.78 is 4.45. The van der Waals surface area contributed by atoms with Crippen LogP contribution in [0.1, 0.15) is 37.7 Å². The number of hydrogen-bond acceptors (Lipinski definition) is 4. The second-order valence-corrected chi connectivity index (χ2v) is 4.66. The minimum atomic E-state index is -0.984. The van der Waals surface area contributed by atoms with Crippen LogP contribution in [0.5, 0.6) is 5.75 Å². The van der Waals surface area contributed by atoms with Crippen LogP contribution in [0.3, 0.4) is 0 Å². The van der Waals surface area contributed by atoms with Crippen molar-refractivity contribution in [1.29, 1.82) is 0 Å². The summed E-state index contributed by atoms with van der Waals surface area (Å²) in [6, 6.07) is 7.25. The lowest BCUT2D eigenvalue weighted by atomic mass is 10.0. The van der Waals surface area contributed by atoms with Crippen LogP contribution in [0.2, 0.25) is 0 Å². The number of rotatable bonds is 8. The maximum atomic E-state index is 11.0. The number of carbonyl (C=O) groups excluding carboxylic acids is 1. The van der Waals surface area contributed by atoms with Crippen LogP contribution in [-0.2, 0) is 16.0 Å². The van der Waals surface area contributed by atoms with Crippen molar-refractivity contribution in [3.63, 3.8) is 0 Å². The molecule has 4 heteroatoms. The minimum Gasteiger partial charge on any atom is -0.508 e. The molecule has 1 rings (SSSR count). The number of ether oxygens (including phenoxy) is 1. The van der Waals surface area contributed by atoms with Crippen molar-refractivity contribution in [2.45, 2.75) is 44.6 Å². The molecule has 1 aromatic carbocycles. The quantitative estimate of drug-likeness (QED) is 0.560. The number of phenolic OH excluding ortho intramolecular Hbond substituents is 1.